The van der Waals surface area contributed by atoms with Crippen LogP contribution < -0.4 is 10.9 Å². The molecule has 0 aliphatic carbocycles. The number of carbonyl (C=O) groups is 1. The lowest BCUT2D eigenvalue weighted by Gasteiger charge is -2.09. The van der Waals surface area contributed by atoms with Crippen molar-refractivity contribution in [3.63, 3.8) is 0 Å². The van der Waals surface area contributed by atoms with Crippen molar-refractivity contribution in [2.45, 2.75) is 13.5 Å². The van der Waals surface area contributed by atoms with Crippen molar-refractivity contribution >= 4 is 34.2 Å². The topological polar surface area (TPSA) is 81.8 Å². The molecule has 1 amide bonds. The number of hydrogen-bond acceptors (Lipinski definition) is 4. The van der Waals surface area contributed by atoms with Gasteiger partial charge < -0.3 is 5.32 Å². The Labute approximate surface area is 165 Å². The molecule has 28 heavy (non-hydrogen) atoms. The van der Waals surface area contributed by atoms with Gasteiger partial charge in [0.25, 0.3) is 5.56 Å². The van der Waals surface area contributed by atoms with Gasteiger partial charge in [-0.15, -0.1) is 0 Å². The van der Waals surface area contributed by atoms with Crippen molar-refractivity contribution in [1.82, 2.24) is 19.3 Å². The zero-order valence-electron chi connectivity index (χ0n) is 15.0. The monoisotopic (exact) mass is 393 g/mol. The summed E-state index contributed by atoms with van der Waals surface area (Å²) in [6, 6.07) is 14.5. The zero-order chi connectivity index (χ0) is 19.7. The van der Waals surface area contributed by atoms with Crippen molar-refractivity contribution < 1.29 is 4.79 Å². The van der Waals surface area contributed by atoms with Gasteiger partial charge in [0, 0.05) is 10.7 Å². The van der Waals surface area contributed by atoms with E-state index in [1.807, 2.05) is 31.2 Å². The van der Waals surface area contributed by atoms with Gasteiger partial charge in [-0.05, 0) is 36.8 Å². The fourth-order valence-corrected chi connectivity index (χ4v) is 3.15. The molecule has 2 aromatic carbocycles. The van der Waals surface area contributed by atoms with Crippen molar-refractivity contribution in [1.29, 1.82) is 0 Å². The van der Waals surface area contributed by atoms with Gasteiger partial charge >= 0.3 is 0 Å². The number of amides is 1. The van der Waals surface area contributed by atoms with E-state index in [0.717, 1.165) is 11.3 Å². The van der Waals surface area contributed by atoms with Crippen LogP contribution in [0.2, 0.25) is 5.02 Å². The Morgan fingerprint density at radius 1 is 1.18 bits per heavy atom. The number of halogens is 1. The number of para-hydroxylation sites is 1. The molecule has 2 aromatic heterocycles. The summed E-state index contributed by atoms with van der Waals surface area (Å²) in [6.07, 6.45) is 2.83. The first kappa shape index (κ1) is 17.9. The molecule has 2 heterocycles. The third kappa shape index (κ3) is 3.39. The Balaban J connectivity index is 1.63. The van der Waals surface area contributed by atoms with Crippen LogP contribution in [-0.2, 0) is 11.3 Å². The van der Waals surface area contributed by atoms with Gasteiger partial charge in [-0.2, -0.15) is 5.10 Å². The average molecular weight is 394 g/mol. The van der Waals surface area contributed by atoms with Crippen LogP contribution in [0.3, 0.4) is 0 Å². The minimum absolute atomic E-state index is 0.163. The van der Waals surface area contributed by atoms with Crippen molar-refractivity contribution in [2.24, 2.45) is 0 Å². The molecule has 0 radical (unpaired) electrons. The maximum atomic E-state index is 12.8. The Morgan fingerprint density at radius 3 is 2.79 bits per heavy atom. The Bertz CT molecular complexity index is 1240. The second-order valence-electron chi connectivity index (χ2n) is 6.32. The molecule has 0 saturated heterocycles. The number of aryl methyl sites for hydroxylation is 1. The summed E-state index contributed by atoms with van der Waals surface area (Å²) in [5.74, 6) is -0.350. The van der Waals surface area contributed by atoms with Gasteiger partial charge in [0.15, 0.2) is 5.65 Å². The lowest BCUT2D eigenvalue weighted by Crippen LogP contribution is -2.27. The minimum atomic E-state index is -0.350. The summed E-state index contributed by atoms with van der Waals surface area (Å²) in [7, 11) is 0. The predicted molar refractivity (Wildman–Crippen MR) is 108 cm³/mol. The molecule has 140 valence electrons. The molecule has 0 spiro atoms. The van der Waals surface area contributed by atoms with Crippen molar-refractivity contribution in [3.05, 3.63) is 82.0 Å². The van der Waals surface area contributed by atoms with Gasteiger partial charge in [0.05, 0.1) is 11.9 Å². The van der Waals surface area contributed by atoms with Gasteiger partial charge in [0.1, 0.15) is 18.3 Å². The largest absolute Gasteiger partial charge is 0.324 e. The summed E-state index contributed by atoms with van der Waals surface area (Å²) in [5.41, 5.74) is 2.55. The summed E-state index contributed by atoms with van der Waals surface area (Å²) in [6.45, 7) is 1.80. The zero-order valence-corrected chi connectivity index (χ0v) is 15.7. The van der Waals surface area contributed by atoms with Crippen LogP contribution in [0.4, 0.5) is 5.69 Å². The van der Waals surface area contributed by atoms with E-state index in [-0.39, 0.29) is 18.0 Å². The molecule has 0 unspecified atom stereocenters. The minimum Gasteiger partial charge on any atom is -0.324 e. The molecule has 1 N–H and O–H groups in total. The van der Waals surface area contributed by atoms with Crippen molar-refractivity contribution in [3.8, 4) is 5.69 Å². The number of nitrogens with zero attached hydrogens (tertiary/aromatic N) is 4. The van der Waals surface area contributed by atoms with E-state index < -0.39 is 0 Å². The highest BCUT2D eigenvalue weighted by atomic mass is 35.5. The molecule has 0 saturated carbocycles. The van der Waals surface area contributed by atoms with Crippen LogP contribution in [0.25, 0.3) is 16.7 Å². The number of rotatable bonds is 4. The number of carbonyl (C=O) groups excluding carboxylic acids is 1. The smallest absolute Gasteiger partial charge is 0.264 e. The second-order valence-corrected chi connectivity index (χ2v) is 6.75. The molecule has 0 fully saturated rings. The maximum Gasteiger partial charge on any atom is 0.264 e. The van der Waals surface area contributed by atoms with Crippen LogP contribution in [0.5, 0.6) is 0 Å². The predicted octanol–water partition coefficient (Wildman–Crippen LogP) is 3.18. The Morgan fingerprint density at radius 2 is 2.00 bits per heavy atom. The molecule has 0 aliphatic rings. The quantitative estimate of drug-likeness (QED) is 0.577. The van der Waals surface area contributed by atoms with E-state index in [0.29, 0.717) is 21.7 Å². The number of nitrogens with one attached hydrogen (secondary N) is 1. The highest BCUT2D eigenvalue weighted by molar-refractivity contribution is 6.30. The lowest BCUT2D eigenvalue weighted by atomic mass is 10.2. The van der Waals surface area contributed by atoms with E-state index in [9.17, 15) is 9.59 Å². The van der Waals surface area contributed by atoms with Crippen LogP contribution in [-0.4, -0.2) is 25.2 Å². The number of fused-ring (bicyclic) bond motifs is 1. The highest BCUT2D eigenvalue weighted by Gasteiger charge is 2.14. The fraction of sp³-hybridized carbons (Fsp3) is 0.100. The van der Waals surface area contributed by atoms with Crippen LogP contribution in [0.15, 0.2) is 65.8 Å². The van der Waals surface area contributed by atoms with Crippen LogP contribution in [0, 0.1) is 6.92 Å². The maximum absolute atomic E-state index is 12.8. The number of anilines is 1. The molecule has 8 heteroatoms. The number of aromatic nitrogens is 4. The Kier molecular flexibility index (Phi) is 4.67. The Hall–Kier alpha value is -3.45. The van der Waals surface area contributed by atoms with E-state index in [1.54, 1.807) is 28.9 Å². The molecule has 4 aromatic rings. The van der Waals surface area contributed by atoms with E-state index in [1.165, 1.54) is 17.1 Å². The molecule has 7 nitrogen and oxygen atoms in total. The van der Waals surface area contributed by atoms with Gasteiger partial charge in [0.2, 0.25) is 5.91 Å². The van der Waals surface area contributed by atoms with Gasteiger partial charge in [-0.3, -0.25) is 14.2 Å². The van der Waals surface area contributed by atoms with Crippen molar-refractivity contribution in [2.75, 3.05) is 5.32 Å². The number of hydrogen-bond donors (Lipinski definition) is 1. The molecule has 4 rings (SSSR count). The summed E-state index contributed by atoms with van der Waals surface area (Å²) >= 11 is 5.92. The second kappa shape index (κ2) is 7.28. The third-order valence-electron chi connectivity index (χ3n) is 4.32. The number of benzene rings is 2. The summed E-state index contributed by atoms with van der Waals surface area (Å²) < 4.78 is 2.88. The first-order chi connectivity index (χ1) is 13.5. The van der Waals surface area contributed by atoms with E-state index >= 15 is 0 Å². The first-order valence-corrected chi connectivity index (χ1v) is 8.95. The molecule has 0 aliphatic heterocycles. The average Bonchev–Trinajstić information content (AvgIpc) is 3.09. The van der Waals surface area contributed by atoms with Crippen LogP contribution >= 0.6 is 11.6 Å². The summed E-state index contributed by atoms with van der Waals surface area (Å²) in [4.78, 5) is 29.4. The molecular formula is C20H16ClN5O2. The standard InChI is InChI=1S/C20H16ClN5O2/c1-13-5-2-3-8-17(13)26-19-16(10-23-26)20(28)25(12-22-19)11-18(27)24-15-7-4-6-14(21)9-15/h2-10,12H,11H2,1H3,(H,24,27). The van der Waals surface area contributed by atoms with E-state index in [2.05, 4.69) is 15.4 Å². The van der Waals surface area contributed by atoms with Gasteiger partial charge in [-0.1, -0.05) is 35.9 Å². The molecule has 0 bridgehead atoms. The van der Waals surface area contributed by atoms with E-state index in [4.69, 9.17) is 11.6 Å². The highest BCUT2D eigenvalue weighted by Crippen LogP contribution is 2.17. The normalized spacial score (nSPS) is 10.9. The SMILES string of the molecule is Cc1ccccc1-n1ncc2c(=O)n(CC(=O)Nc3cccc(Cl)c3)cnc21. The fourth-order valence-electron chi connectivity index (χ4n) is 2.96. The lowest BCUT2D eigenvalue weighted by molar-refractivity contribution is -0.116. The molecule has 0 atom stereocenters. The first-order valence-electron chi connectivity index (χ1n) is 8.57. The van der Waals surface area contributed by atoms with Crippen LogP contribution in [0.1, 0.15) is 5.56 Å². The summed E-state index contributed by atoms with van der Waals surface area (Å²) in [5, 5.41) is 7.89. The van der Waals surface area contributed by atoms with Gasteiger partial charge in [-0.25, -0.2) is 9.67 Å². The molecular weight excluding hydrogens is 378 g/mol. The third-order valence-corrected chi connectivity index (χ3v) is 4.56.